The molecule has 0 aliphatic carbocycles. The van der Waals surface area contributed by atoms with Crippen LogP contribution in [0.3, 0.4) is 0 Å². The second-order valence-corrected chi connectivity index (χ2v) is 6.86. The van der Waals surface area contributed by atoms with E-state index in [4.69, 9.17) is 16.1 Å². The maximum atomic E-state index is 5.94. The molecule has 3 aromatic rings. The van der Waals surface area contributed by atoms with Crippen LogP contribution in [0.1, 0.15) is 11.5 Å². The summed E-state index contributed by atoms with van der Waals surface area (Å²) in [5, 5.41) is 16.8. The molecule has 1 N–H and O–H groups in total. The molecule has 2 aromatic heterocycles. The maximum Gasteiger partial charge on any atom is 0.210 e. The summed E-state index contributed by atoms with van der Waals surface area (Å²) in [6.07, 6.45) is 0. The lowest BCUT2D eigenvalue weighted by atomic mass is 10.3. The largest absolute Gasteiger partial charge is 0.361 e. The quantitative estimate of drug-likeness (QED) is 0.690. The van der Waals surface area contributed by atoms with Gasteiger partial charge in [-0.05, 0) is 25.1 Å². The van der Waals surface area contributed by atoms with Gasteiger partial charge in [0.25, 0.3) is 0 Å². The van der Waals surface area contributed by atoms with Crippen LogP contribution < -0.4 is 5.32 Å². The molecule has 5 nitrogen and oxygen atoms in total. The lowest BCUT2D eigenvalue weighted by Crippen LogP contribution is -1.88. The van der Waals surface area contributed by atoms with E-state index < -0.39 is 0 Å². The highest BCUT2D eigenvalue weighted by Gasteiger charge is 2.07. The molecule has 0 unspecified atom stereocenters. The van der Waals surface area contributed by atoms with E-state index >= 15 is 0 Å². The van der Waals surface area contributed by atoms with E-state index in [0.717, 1.165) is 26.6 Å². The molecule has 0 aliphatic heterocycles. The first-order valence-corrected chi connectivity index (χ1v) is 8.28. The smallest absolute Gasteiger partial charge is 0.210 e. The molecule has 0 aliphatic rings. The van der Waals surface area contributed by atoms with Gasteiger partial charge in [0.15, 0.2) is 4.34 Å². The van der Waals surface area contributed by atoms with E-state index in [9.17, 15) is 0 Å². The summed E-state index contributed by atoms with van der Waals surface area (Å²) in [5.74, 6) is 1.52. The van der Waals surface area contributed by atoms with Gasteiger partial charge in [-0.25, -0.2) is 0 Å². The summed E-state index contributed by atoms with van der Waals surface area (Å²) in [4.78, 5) is 0. The zero-order chi connectivity index (χ0) is 14.7. The molecular formula is C13H11ClN4OS2. The number of nitrogens with zero attached hydrogens (tertiary/aromatic N) is 3. The first-order valence-electron chi connectivity index (χ1n) is 6.10. The SMILES string of the molecule is Cc1cc(CSc2nnc(Nc3cccc(Cl)c3)s2)no1. The standard InChI is InChI=1S/C13H11ClN4OS2/c1-8-5-11(18-19-8)7-20-13-17-16-12(21-13)15-10-4-2-3-9(14)6-10/h2-6H,7H2,1H3,(H,15,16). The Balaban J connectivity index is 1.61. The van der Waals surface area contributed by atoms with Crippen molar-refractivity contribution in [2.24, 2.45) is 0 Å². The Bertz CT molecular complexity index is 743. The molecule has 0 radical (unpaired) electrons. The fraction of sp³-hybridized carbons (Fsp3) is 0.154. The minimum absolute atomic E-state index is 0.681. The topological polar surface area (TPSA) is 63.8 Å². The van der Waals surface area contributed by atoms with Crippen LogP contribution in [0.4, 0.5) is 10.8 Å². The van der Waals surface area contributed by atoms with Crippen molar-refractivity contribution in [2.45, 2.75) is 17.0 Å². The van der Waals surface area contributed by atoms with Crippen LogP contribution in [0.2, 0.25) is 5.02 Å². The van der Waals surface area contributed by atoms with Gasteiger partial charge in [0.05, 0.1) is 5.69 Å². The molecule has 108 valence electrons. The van der Waals surface area contributed by atoms with Crippen molar-refractivity contribution in [2.75, 3.05) is 5.32 Å². The third-order valence-corrected chi connectivity index (χ3v) is 4.74. The van der Waals surface area contributed by atoms with Crippen LogP contribution in [-0.4, -0.2) is 15.4 Å². The molecule has 8 heteroatoms. The molecule has 0 spiro atoms. The molecule has 0 bridgehead atoms. The number of hydrogen-bond donors (Lipinski definition) is 1. The third-order valence-electron chi connectivity index (χ3n) is 2.50. The summed E-state index contributed by atoms with van der Waals surface area (Å²) in [6, 6.07) is 9.40. The fourth-order valence-corrected chi connectivity index (χ4v) is 3.47. The molecule has 0 amide bonds. The van der Waals surface area contributed by atoms with Gasteiger partial charge in [-0.2, -0.15) is 0 Å². The predicted octanol–water partition coefficient (Wildman–Crippen LogP) is 4.52. The Morgan fingerprint density at radius 1 is 1.33 bits per heavy atom. The van der Waals surface area contributed by atoms with Crippen molar-refractivity contribution < 1.29 is 4.52 Å². The minimum atomic E-state index is 0.681. The summed E-state index contributed by atoms with van der Waals surface area (Å²) in [6.45, 7) is 1.87. The van der Waals surface area contributed by atoms with E-state index in [2.05, 4.69) is 20.7 Å². The Morgan fingerprint density at radius 3 is 3.00 bits per heavy atom. The van der Waals surface area contributed by atoms with Gasteiger partial charge in [0.2, 0.25) is 5.13 Å². The van der Waals surface area contributed by atoms with E-state index in [1.165, 1.54) is 11.3 Å². The maximum absolute atomic E-state index is 5.94. The monoisotopic (exact) mass is 338 g/mol. The predicted molar refractivity (Wildman–Crippen MR) is 85.4 cm³/mol. The Morgan fingerprint density at radius 2 is 2.24 bits per heavy atom. The minimum Gasteiger partial charge on any atom is -0.361 e. The molecular weight excluding hydrogens is 328 g/mol. The number of benzene rings is 1. The molecule has 1 aromatic carbocycles. The Hall–Kier alpha value is -1.57. The molecule has 0 saturated heterocycles. The molecule has 0 saturated carbocycles. The highest BCUT2D eigenvalue weighted by molar-refractivity contribution is 8.00. The fourth-order valence-electron chi connectivity index (χ4n) is 1.63. The van der Waals surface area contributed by atoms with Crippen LogP contribution >= 0.6 is 34.7 Å². The van der Waals surface area contributed by atoms with Crippen LogP contribution in [-0.2, 0) is 5.75 Å². The van der Waals surface area contributed by atoms with Crippen molar-refractivity contribution in [3.05, 3.63) is 46.8 Å². The highest BCUT2D eigenvalue weighted by Crippen LogP contribution is 2.30. The van der Waals surface area contributed by atoms with Crippen LogP contribution in [0.5, 0.6) is 0 Å². The van der Waals surface area contributed by atoms with Crippen LogP contribution in [0, 0.1) is 6.92 Å². The van der Waals surface area contributed by atoms with Crippen LogP contribution in [0.25, 0.3) is 0 Å². The number of anilines is 2. The summed E-state index contributed by atoms with van der Waals surface area (Å²) < 4.78 is 5.90. The normalized spacial score (nSPS) is 10.8. The van der Waals surface area contributed by atoms with Crippen molar-refractivity contribution >= 4 is 45.5 Å². The second kappa shape index (κ2) is 6.46. The van der Waals surface area contributed by atoms with Crippen LogP contribution in [0.15, 0.2) is 39.2 Å². The second-order valence-electron chi connectivity index (χ2n) is 4.23. The van der Waals surface area contributed by atoms with Crippen molar-refractivity contribution in [3.63, 3.8) is 0 Å². The van der Waals surface area contributed by atoms with Gasteiger partial charge in [0, 0.05) is 22.5 Å². The summed E-state index contributed by atoms with van der Waals surface area (Å²) in [7, 11) is 0. The lowest BCUT2D eigenvalue weighted by Gasteiger charge is -2.00. The van der Waals surface area contributed by atoms with Gasteiger partial charge in [0.1, 0.15) is 5.76 Å². The number of nitrogens with one attached hydrogen (secondary N) is 1. The highest BCUT2D eigenvalue weighted by atomic mass is 35.5. The van der Waals surface area contributed by atoms with Crippen molar-refractivity contribution in [1.82, 2.24) is 15.4 Å². The van der Waals surface area contributed by atoms with E-state index in [-0.39, 0.29) is 0 Å². The number of aromatic nitrogens is 3. The van der Waals surface area contributed by atoms with E-state index in [1.54, 1.807) is 11.8 Å². The number of thioether (sulfide) groups is 1. The molecule has 2 heterocycles. The Labute approximate surface area is 134 Å². The molecule has 0 fully saturated rings. The number of aryl methyl sites for hydroxylation is 1. The molecule has 0 atom stereocenters. The Kier molecular flexibility index (Phi) is 4.42. The zero-order valence-electron chi connectivity index (χ0n) is 11.0. The lowest BCUT2D eigenvalue weighted by molar-refractivity contribution is 0.393. The van der Waals surface area contributed by atoms with E-state index in [0.29, 0.717) is 10.8 Å². The number of hydrogen-bond acceptors (Lipinski definition) is 7. The molecule has 3 rings (SSSR count). The summed E-state index contributed by atoms with van der Waals surface area (Å²) >= 11 is 9.01. The van der Waals surface area contributed by atoms with Crippen molar-refractivity contribution in [1.29, 1.82) is 0 Å². The first-order chi connectivity index (χ1) is 10.2. The first kappa shape index (κ1) is 14.4. The average molecular weight is 339 g/mol. The van der Waals surface area contributed by atoms with Crippen molar-refractivity contribution in [3.8, 4) is 0 Å². The van der Waals surface area contributed by atoms with Gasteiger partial charge in [-0.15, -0.1) is 10.2 Å². The zero-order valence-corrected chi connectivity index (χ0v) is 13.4. The van der Waals surface area contributed by atoms with Gasteiger partial charge >= 0.3 is 0 Å². The van der Waals surface area contributed by atoms with Gasteiger partial charge in [-0.3, -0.25) is 0 Å². The van der Waals surface area contributed by atoms with E-state index in [1.807, 2.05) is 37.3 Å². The average Bonchev–Trinajstić information content (AvgIpc) is 3.06. The van der Waals surface area contributed by atoms with Gasteiger partial charge in [-0.1, -0.05) is 45.9 Å². The number of rotatable bonds is 5. The number of halogens is 1. The summed E-state index contributed by atoms with van der Waals surface area (Å²) in [5.41, 5.74) is 1.79. The van der Waals surface area contributed by atoms with Gasteiger partial charge < -0.3 is 9.84 Å². The molecule has 21 heavy (non-hydrogen) atoms. The third kappa shape index (κ3) is 3.96.